The monoisotopic (exact) mass is 265 g/mol. The number of nitrogen functional groups attached to an aromatic ring is 1. The van der Waals surface area contributed by atoms with Crippen molar-refractivity contribution in [3.8, 4) is 0 Å². The molecule has 18 heavy (non-hydrogen) atoms. The third kappa shape index (κ3) is 3.14. The lowest BCUT2D eigenvalue weighted by molar-refractivity contribution is 0.252. The van der Waals surface area contributed by atoms with Crippen molar-refractivity contribution in [2.45, 2.75) is 6.54 Å². The topological polar surface area (TPSA) is 95.8 Å². The molecule has 7 heteroatoms. The highest BCUT2D eigenvalue weighted by Crippen LogP contribution is 2.13. The predicted octanol–water partition coefficient (Wildman–Crippen LogP) is 1.97. The van der Waals surface area contributed by atoms with Crippen molar-refractivity contribution < 1.29 is 4.79 Å². The molecule has 1 heterocycles. The van der Waals surface area contributed by atoms with Crippen LogP contribution in [0, 0.1) is 0 Å². The molecule has 0 fully saturated rings. The number of hydrogen-bond donors (Lipinski definition) is 4. The molecule has 0 saturated heterocycles. The Bertz CT molecular complexity index is 537. The van der Waals surface area contributed by atoms with Gasteiger partial charge in [-0.15, -0.1) is 0 Å². The number of rotatable bonds is 3. The number of benzene rings is 1. The van der Waals surface area contributed by atoms with Crippen molar-refractivity contribution >= 4 is 29.1 Å². The lowest BCUT2D eigenvalue weighted by Gasteiger charge is -2.07. The highest BCUT2D eigenvalue weighted by atomic mass is 35.5. The van der Waals surface area contributed by atoms with Gasteiger partial charge in [-0.05, 0) is 24.3 Å². The van der Waals surface area contributed by atoms with E-state index in [1.54, 1.807) is 30.5 Å². The van der Waals surface area contributed by atoms with Crippen molar-refractivity contribution in [2.75, 3.05) is 11.1 Å². The second kappa shape index (κ2) is 5.42. The summed E-state index contributed by atoms with van der Waals surface area (Å²) < 4.78 is 0. The number of aromatic nitrogens is 2. The molecule has 0 radical (unpaired) electrons. The van der Waals surface area contributed by atoms with Crippen LogP contribution in [-0.4, -0.2) is 16.2 Å². The van der Waals surface area contributed by atoms with E-state index < -0.39 is 0 Å². The molecular formula is C11H12ClN5O. The fraction of sp³-hybridized carbons (Fsp3) is 0.0909. The zero-order valence-corrected chi connectivity index (χ0v) is 10.2. The van der Waals surface area contributed by atoms with E-state index in [1.807, 2.05) is 0 Å². The number of hydrogen-bond acceptors (Lipinski definition) is 3. The molecule has 2 amide bonds. The van der Waals surface area contributed by atoms with E-state index in [4.69, 9.17) is 17.3 Å². The van der Waals surface area contributed by atoms with Crippen LogP contribution in [0.25, 0.3) is 0 Å². The first-order chi connectivity index (χ1) is 8.65. The van der Waals surface area contributed by atoms with Crippen LogP contribution in [0.4, 0.5) is 16.3 Å². The Hall–Kier alpha value is -2.21. The third-order valence-electron chi connectivity index (χ3n) is 2.29. The summed E-state index contributed by atoms with van der Waals surface area (Å²) in [5.74, 6) is 0.446. The molecule has 6 nitrogen and oxygen atoms in total. The molecule has 1 aromatic carbocycles. The maximum atomic E-state index is 11.6. The Balaban J connectivity index is 1.86. The summed E-state index contributed by atoms with van der Waals surface area (Å²) in [6.45, 7) is 0.307. The molecule has 2 aromatic rings. The van der Waals surface area contributed by atoms with Gasteiger partial charge in [-0.1, -0.05) is 11.6 Å². The lowest BCUT2D eigenvalue weighted by Crippen LogP contribution is -2.28. The first-order valence-corrected chi connectivity index (χ1v) is 5.61. The molecule has 0 unspecified atom stereocenters. The Labute approximate surface area is 109 Å². The highest BCUT2D eigenvalue weighted by Gasteiger charge is 2.04. The minimum Gasteiger partial charge on any atom is -0.384 e. The largest absolute Gasteiger partial charge is 0.384 e. The van der Waals surface area contributed by atoms with Gasteiger partial charge in [0.05, 0.1) is 6.20 Å². The summed E-state index contributed by atoms with van der Waals surface area (Å²) >= 11 is 5.74. The number of aromatic amines is 1. The molecule has 2 rings (SSSR count). The van der Waals surface area contributed by atoms with Gasteiger partial charge in [0, 0.05) is 22.8 Å². The molecule has 0 saturated carbocycles. The van der Waals surface area contributed by atoms with Gasteiger partial charge >= 0.3 is 6.03 Å². The van der Waals surface area contributed by atoms with Crippen LogP contribution < -0.4 is 16.4 Å². The number of amides is 2. The van der Waals surface area contributed by atoms with Crippen LogP contribution in [-0.2, 0) is 6.54 Å². The van der Waals surface area contributed by atoms with Crippen molar-refractivity contribution in [3.05, 3.63) is 41.0 Å². The summed E-state index contributed by atoms with van der Waals surface area (Å²) in [4.78, 5) is 11.6. The summed E-state index contributed by atoms with van der Waals surface area (Å²) in [7, 11) is 0. The average molecular weight is 266 g/mol. The Kier molecular flexibility index (Phi) is 3.69. The zero-order chi connectivity index (χ0) is 13.0. The molecule has 0 spiro atoms. The molecule has 0 bridgehead atoms. The maximum absolute atomic E-state index is 11.6. The van der Waals surface area contributed by atoms with Crippen molar-refractivity contribution in [3.63, 3.8) is 0 Å². The number of carbonyl (C=O) groups is 1. The molecule has 0 aliphatic rings. The minimum atomic E-state index is -0.321. The standard InChI is InChI=1S/C11H12ClN5O/c12-8-1-3-9(4-2-8)16-11(18)14-5-7-6-15-17-10(7)13/h1-4,6H,5H2,(H3,13,15,17)(H2,14,16,18). The molecule has 1 aromatic heterocycles. The van der Waals surface area contributed by atoms with Gasteiger partial charge < -0.3 is 16.4 Å². The number of nitrogens with one attached hydrogen (secondary N) is 3. The highest BCUT2D eigenvalue weighted by molar-refractivity contribution is 6.30. The van der Waals surface area contributed by atoms with Gasteiger partial charge in [0.15, 0.2) is 0 Å². The molecule has 5 N–H and O–H groups in total. The average Bonchev–Trinajstić information content (AvgIpc) is 2.75. The smallest absolute Gasteiger partial charge is 0.319 e. The number of urea groups is 1. The summed E-state index contributed by atoms with van der Waals surface area (Å²) in [5, 5.41) is 12.3. The van der Waals surface area contributed by atoms with Gasteiger partial charge in [0.2, 0.25) is 0 Å². The number of nitrogens with two attached hydrogens (primary N) is 1. The first-order valence-electron chi connectivity index (χ1n) is 5.23. The summed E-state index contributed by atoms with van der Waals surface area (Å²) in [5.41, 5.74) is 6.99. The van der Waals surface area contributed by atoms with E-state index in [2.05, 4.69) is 20.8 Å². The van der Waals surface area contributed by atoms with Crippen molar-refractivity contribution in [1.82, 2.24) is 15.5 Å². The number of H-pyrrole nitrogens is 1. The Morgan fingerprint density at radius 2 is 2.11 bits per heavy atom. The zero-order valence-electron chi connectivity index (χ0n) is 9.40. The van der Waals surface area contributed by atoms with E-state index in [0.29, 0.717) is 23.1 Å². The van der Waals surface area contributed by atoms with Crippen molar-refractivity contribution in [1.29, 1.82) is 0 Å². The Morgan fingerprint density at radius 1 is 1.39 bits per heavy atom. The molecule has 0 aliphatic heterocycles. The number of nitrogens with zero attached hydrogens (tertiary/aromatic N) is 1. The number of halogens is 1. The Morgan fingerprint density at radius 3 is 2.72 bits per heavy atom. The maximum Gasteiger partial charge on any atom is 0.319 e. The fourth-order valence-corrected chi connectivity index (χ4v) is 1.47. The summed E-state index contributed by atoms with van der Waals surface area (Å²) in [6.07, 6.45) is 1.57. The minimum absolute atomic E-state index is 0.307. The van der Waals surface area contributed by atoms with Crippen LogP contribution in [0.15, 0.2) is 30.5 Å². The van der Waals surface area contributed by atoms with Crippen molar-refractivity contribution in [2.24, 2.45) is 0 Å². The van der Waals surface area contributed by atoms with Gasteiger partial charge in [0.25, 0.3) is 0 Å². The van der Waals surface area contributed by atoms with Gasteiger partial charge in [0.1, 0.15) is 5.82 Å². The van der Waals surface area contributed by atoms with E-state index in [9.17, 15) is 4.79 Å². The van der Waals surface area contributed by atoms with E-state index >= 15 is 0 Å². The number of anilines is 2. The fourth-order valence-electron chi connectivity index (χ4n) is 1.35. The van der Waals surface area contributed by atoms with Crippen LogP contribution in [0.2, 0.25) is 5.02 Å². The van der Waals surface area contributed by atoms with E-state index in [0.717, 1.165) is 5.56 Å². The van der Waals surface area contributed by atoms with Crippen LogP contribution >= 0.6 is 11.6 Å². The molecular weight excluding hydrogens is 254 g/mol. The molecule has 0 atom stereocenters. The predicted molar refractivity (Wildman–Crippen MR) is 70.3 cm³/mol. The number of carbonyl (C=O) groups excluding carboxylic acids is 1. The SMILES string of the molecule is Nc1[nH]ncc1CNC(=O)Nc1ccc(Cl)cc1. The van der Waals surface area contributed by atoms with Gasteiger partial charge in [-0.3, -0.25) is 5.10 Å². The van der Waals surface area contributed by atoms with Crippen LogP contribution in [0.5, 0.6) is 0 Å². The van der Waals surface area contributed by atoms with Gasteiger partial charge in [-0.25, -0.2) is 4.79 Å². The van der Waals surface area contributed by atoms with Crippen LogP contribution in [0.3, 0.4) is 0 Å². The first kappa shape index (κ1) is 12.3. The molecule has 94 valence electrons. The van der Waals surface area contributed by atoms with Crippen LogP contribution in [0.1, 0.15) is 5.56 Å². The third-order valence-corrected chi connectivity index (χ3v) is 2.54. The second-order valence-corrected chi connectivity index (χ2v) is 4.06. The van der Waals surface area contributed by atoms with E-state index in [1.165, 1.54) is 0 Å². The lowest BCUT2D eigenvalue weighted by atomic mass is 10.3. The summed E-state index contributed by atoms with van der Waals surface area (Å²) in [6, 6.07) is 6.51. The quantitative estimate of drug-likeness (QED) is 0.683. The second-order valence-electron chi connectivity index (χ2n) is 3.62. The normalized spacial score (nSPS) is 10.1. The van der Waals surface area contributed by atoms with E-state index in [-0.39, 0.29) is 6.03 Å². The van der Waals surface area contributed by atoms with Gasteiger partial charge in [-0.2, -0.15) is 5.10 Å². The molecule has 0 aliphatic carbocycles.